The normalized spacial score (nSPS) is 11.1. The van der Waals surface area contributed by atoms with Crippen molar-refractivity contribution >= 4 is 25.0 Å². The van der Waals surface area contributed by atoms with E-state index in [1.54, 1.807) is 0 Å². The van der Waals surface area contributed by atoms with Gasteiger partial charge in [0.05, 0.1) is 72.7 Å². The molecule has 9 heteroatoms. The molecule has 0 unspecified atom stereocenters. The van der Waals surface area contributed by atoms with E-state index in [1.165, 1.54) is 51.4 Å². The van der Waals surface area contributed by atoms with Crippen LogP contribution in [0.5, 0.6) is 0 Å². The molecule has 0 atom stereocenters. The lowest BCUT2D eigenvalue weighted by molar-refractivity contribution is -0.0165. The lowest BCUT2D eigenvalue weighted by Gasteiger charge is -2.08. The van der Waals surface area contributed by atoms with E-state index in [0.29, 0.717) is 79.2 Å². The molecule has 0 aromatic carbocycles. The molecule has 0 amide bonds. The molecule has 0 saturated heterocycles. The molecule has 0 bridgehead atoms. The molecule has 0 aliphatic carbocycles. The molecule has 7 nitrogen and oxygen atoms in total. The Balaban J connectivity index is 0. The molecule has 0 radical (unpaired) electrons. The Bertz CT molecular complexity index is 294. The summed E-state index contributed by atoms with van der Waals surface area (Å²) in [6.07, 6.45) is 11.8. The zero-order valence-electron chi connectivity index (χ0n) is 20.1. The van der Waals surface area contributed by atoms with Gasteiger partial charge in [0.2, 0.25) is 0 Å². The van der Waals surface area contributed by atoms with Crippen molar-refractivity contribution in [2.45, 2.75) is 57.8 Å². The van der Waals surface area contributed by atoms with E-state index in [-0.39, 0.29) is 12.4 Å². The van der Waals surface area contributed by atoms with Gasteiger partial charge in [-0.2, -0.15) is 12.6 Å². The second kappa shape index (κ2) is 33.5. The third kappa shape index (κ3) is 32.5. The average molecular weight is 504 g/mol. The van der Waals surface area contributed by atoms with Gasteiger partial charge in [-0.1, -0.05) is 44.9 Å². The van der Waals surface area contributed by atoms with Crippen LogP contribution in [0, 0.1) is 0 Å². The minimum absolute atomic E-state index is 0. The van der Waals surface area contributed by atoms with Crippen LogP contribution in [-0.4, -0.2) is 91.6 Å². The maximum Gasteiger partial charge on any atom is 0.0701 e. The quantitative estimate of drug-likeness (QED) is 0.124. The monoisotopic (exact) mass is 503 g/mol. The van der Waals surface area contributed by atoms with E-state index in [0.717, 1.165) is 18.8 Å². The summed E-state index contributed by atoms with van der Waals surface area (Å²) < 4.78 is 32.5. The fraction of sp³-hybridized carbons (Fsp3) is 1.00. The van der Waals surface area contributed by atoms with Gasteiger partial charge in [-0.05, 0) is 18.6 Å². The molecule has 196 valence electrons. The molecule has 32 heavy (non-hydrogen) atoms. The standard InChI is InChI=1S/C23H49NO6S.ClH/c24-10-12-26-14-16-28-18-20-30-22-21-29-19-17-27-15-13-25-11-8-6-4-2-1-3-5-7-9-23-31;/h31H,1-24H2;1H. The van der Waals surface area contributed by atoms with Gasteiger partial charge in [0, 0.05) is 13.2 Å². The van der Waals surface area contributed by atoms with Gasteiger partial charge < -0.3 is 34.2 Å². The molecule has 0 aromatic heterocycles. The van der Waals surface area contributed by atoms with Crippen LogP contribution in [-0.2, 0) is 28.4 Å². The molecule has 0 spiro atoms. The first-order chi connectivity index (χ1) is 15.4. The number of unbranched alkanes of at least 4 members (excludes halogenated alkanes) is 8. The predicted molar refractivity (Wildman–Crippen MR) is 137 cm³/mol. The van der Waals surface area contributed by atoms with Gasteiger partial charge in [-0.25, -0.2) is 0 Å². The second-order valence-electron chi connectivity index (χ2n) is 7.37. The molecule has 0 saturated carbocycles. The molecule has 0 aliphatic rings. The minimum Gasteiger partial charge on any atom is -0.379 e. The van der Waals surface area contributed by atoms with Gasteiger partial charge in [0.15, 0.2) is 0 Å². The van der Waals surface area contributed by atoms with Gasteiger partial charge >= 0.3 is 0 Å². The summed E-state index contributed by atoms with van der Waals surface area (Å²) in [4.78, 5) is 0. The van der Waals surface area contributed by atoms with Gasteiger partial charge in [-0.3, -0.25) is 0 Å². The molecule has 0 aliphatic heterocycles. The summed E-state index contributed by atoms with van der Waals surface area (Å²) in [6.45, 7) is 7.79. The molecule has 0 heterocycles. The fourth-order valence-corrected chi connectivity index (χ4v) is 3.06. The molecule has 0 fully saturated rings. The highest BCUT2D eigenvalue weighted by molar-refractivity contribution is 7.80. The van der Waals surface area contributed by atoms with E-state index in [1.807, 2.05) is 0 Å². The number of halogens is 1. The lowest BCUT2D eigenvalue weighted by Crippen LogP contribution is -2.15. The summed E-state index contributed by atoms with van der Waals surface area (Å²) in [7, 11) is 0. The van der Waals surface area contributed by atoms with Gasteiger partial charge in [-0.15, -0.1) is 12.4 Å². The number of hydrogen-bond acceptors (Lipinski definition) is 8. The summed E-state index contributed by atoms with van der Waals surface area (Å²) >= 11 is 4.24. The smallest absolute Gasteiger partial charge is 0.0701 e. The highest BCUT2D eigenvalue weighted by atomic mass is 35.5. The van der Waals surface area contributed by atoms with Crippen LogP contribution in [0.15, 0.2) is 0 Å². The minimum atomic E-state index is 0. The first-order valence-electron chi connectivity index (χ1n) is 12.2. The van der Waals surface area contributed by atoms with Crippen molar-refractivity contribution in [1.82, 2.24) is 0 Å². The molecular weight excluding hydrogens is 454 g/mol. The predicted octanol–water partition coefficient (Wildman–Crippen LogP) is 3.91. The second-order valence-corrected chi connectivity index (χ2v) is 7.82. The van der Waals surface area contributed by atoms with Crippen LogP contribution in [0.4, 0.5) is 0 Å². The van der Waals surface area contributed by atoms with Crippen molar-refractivity contribution in [2.24, 2.45) is 5.73 Å². The summed E-state index contributed by atoms with van der Waals surface area (Å²) in [5, 5.41) is 0. The van der Waals surface area contributed by atoms with Crippen LogP contribution in [0.1, 0.15) is 57.8 Å². The van der Waals surface area contributed by atoms with Crippen molar-refractivity contribution in [3.05, 3.63) is 0 Å². The summed E-state index contributed by atoms with van der Waals surface area (Å²) in [5.41, 5.74) is 5.32. The van der Waals surface area contributed by atoms with E-state index < -0.39 is 0 Å². The SMILES string of the molecule is Cl.NCCOCCOCCOCCOCCOCCOCCCCCCCCCCCS. The van der Waals surface area contributed by atoms with Crippen LogP contribution >= 0.6 is 25.0 Å². The Morgan fingerprint density at radius 1 is 0.375 bits per heavy atom. The van der Waals surface area contributed by atoms with Crippen molar-refractivity contribution < 1.29 is 28.4 Å². The Morgan fingerprint density at radius 3 is 1.00 bits per heavy atom. The Hall–Kier alpha value is 0.360. The third-order valence-corrected chi connectivity index (χ3v) is 4.89. The van der Waals surface area contributed by atoms with E-state index >= 15 is 0 Å². The zero-order chi connectivity index (χ0) is 22.5. The maximum absolute atomic E-state index is 5.61. The fourth-order valence-electron chi connectivity index (χ4n) is 2.84. The Kier molecular flexibility index (Phi) is 36.2. The maximum atomic E-state index is 5.61. The first kappa shape index (κ1) is 34.5. The average Bonchev–Trinajstić information content (AvgIpc) is 2.78. The molecule has 0 aromatic rings. The van der Waals surface area contributed by atoms with Crippen molar-refractivity contribution in [2.75, 3.05) is 91.6 Å². The topological polar surface area (TPSA) is 81.4 Å². The summed E-state index contributed by atoms with van der Waals surface area (Å²) in [6, 6.07) is 0. The van der Waals surface area contributed by atoms with Crippen LogP contribution in [0.25, 0.3) is 0 Å². The lowest BCUT2D eigenvalue weighted by atomic mass is 10.1. The van der Waals surface area contributed by atoms with Gasteiger partial charge in [0.25, 0.3) is 0 Å². The van der Waals surface area contributed by atoms with Gasteiger partial charge in [0.1, 0.15) is 0 Å². The Morgan fingerprint density at radius 2 is 0.656 bits per heavy atom. The Labute approximate surface area is 208 Å². The highest BCUT2D eigenvalue weighted by Gasteiger charge is 1.95. The van der Waals surface area contributed by atoms with E-state index in [9.17, 15) is 0 Å². The van der Waals surface area contributed by atoms with E-state index in [4.69, 9.17) is 34.2 Å². The number of rotatable bonds is 28. The number of nitrogens with two attached hydrogens (primary N) is 1. The highest BCUT2D eigenvalue weighted by Crippen LogP contribution is 2.10. The first-order valence-corrected chi connectivity index (χ1v) is 12.8. The molecule has 2 N–H and O–H groups in total. The number of ether oxygens (including phenoxy) is 6. The van der Waals surface area contributed by atoms with Crippen LogP contribution in [0.3, 0.4) is 0 Å². The molecular formula is C23H50ClNO6S. The zero-order valence-corrected chi connectivity index (χ0v) is 21.9. The van der Waals surface area contributed by atoms with Crippen molar-refractivity contribution in [3.8, 4) is 0 Å². The van der Waals surface area contributed by atoms with E-state index in [2.05, 4.69) is 12.6 Å². The van der Waals surface area contributed by atoms with Crippen LogP contribution < -0.4 is 5.73 Å². The number of hydrogen-bond donors (Lipinski definition) is 2. The van der Waals surface area contributed by atoms with Crippen molar-refractivity contribution in [1.29, 1.82) is 0 Å². The largest absolute Gasteiger partial charge is 0.379 e. The van der Waals surface area contributed by atoms with Crippen LogP contribution in [0.2, 0.25) is 0 Å². The van der Waals surface area contributed by atoms with Crippen molar-refractivity contribution in [3.63, 3.8) is 0 Å². The summed E-state index contributed by atoms with van der Waals surface area (Å²) in [5.74, 6) is 1.03. The number of thiol groups is 1. The molecule has 0 rings (SSSR count). The third-order valence-electron chi connectivity index (χ3n) is 4.57.